The van der Waals surface area contributed by atoms with Crippen LogP contribution in [0.5, 0.6) is 0 Å². The number of halogens is 1. The van der Waals surface area contributed by atoms with Crippen molar-refractivity contribution in [2.24, 2.45) is 0 Å². The van der Waals surface area contributed by atoms with Crippen LogP contribution in [0.3, 0.4) is 0 Å². The van der Waals surface area contributed by atoms with Gasteiger partial charge in [0.2, 0.25) is 0 Å². The van der Waals surface area contributed by atoms with E-state index in [2.05, 4.69) is 30.2 Å². The van der Waals surface area contributed by atoms with Gasteiger partial charge in [0.05, 0.1) is 17.5 Å². The molecule has 0 spiro atoms. The second kappa shape index (κ2) is 7.42. The van der Waals surface area contributed by atoms with Crippen LogP contribution in [0.1, 0.15) is 16.1 Å². The number of anilines is 1. The van der Waals surface area contributed by atoms with Gasteiger partial charge in [-0.3, -0.25) is 9.89 Å². The maximum atomic E-state index is 13.2. The summed E-state index contributed by atoms with van der Waals surface area (Å²) in [5, 5.41) is 12.0. The van der Waals surface area contributed by atoms with E-state index in [4.69, 9.17) is 11.6 Å². The number of hydrogen-bond acceptors (Lipinski definition) is 6. The molecule has 0 unspecified atom stereocenters. The summed E-state index contributed by atoms with van der Waals surface area (Å²) in [6.07, 6.45) is 3.09. The van der Waals surface area contributed by atoms with Crippen molar-refractivity contribution in [3.05, 3.63) is 59.1 Å². The number of fused-ring (bicyclic) bond motifs is 1. The number of hydrogen-bond donors (Lipinski definition) is 1. The predicted octanol–water partition coefficient (Wildman–Crippen LogP) is 2.44. The highest BCUT2D eigenvalue weighted by molar-refractivity contribution is 6.30. The summed E-state index contributed by atoms with van der Waals surface area (Å²) >= 11 is 5.98. The molecule has 4 heterocycles. The topological polar surface area (TPSA) is 95.3 Å². The zero-order valence-corrected chi connectivity index (χ0v) is 17.0. The summed E-state index contributed by atoms with van der Waals surface area (Å²) in [7, 11) is 0. The Hall–Kier alpha value is -3.46. The summed E-state index contributed by atoms with van der Waals surface area (Å²) < 4.78 is 1.74. The summed E-state index contributed by atoms with van der Waals surface area (Å²) in [5.74, 6) is 1.48. The number of carbonyl (C=O) groups excluding carboxylic acids is 1. The molecule has 152 valence electrons. The minimum Gasteiger partial charge on any atom is -0.353 e. The fourth-order valence-corrected chi connectivity index (χ4v) is 3.86. The minimum absolute atomic E-state index is 0.0369. The Balaban J connectivity index is 1.34. The molecule has 0 saturated carbocycles. The molecule has 1 saturated heterocycles. The lowest BCUT2D eigenvalue weighted by Gasteiger charge is -2.36. The molecule has 0 bridgehead atoms. The largest absolute Gasteiger partial charge is 0.353 e. The van der Waals surface area contributed by atoms with Gasteiger partial charge in [0.15, 0.2) is 0 Å². The SMILES string of the molecule is Cc1cc(N2CCN(C(=O)c3cn[nH]c3-c3ccc(Cl)cc3)CC2)n2ncnc2n1. The van der Waals surface area contributed by atoms with Gasteiger partial charge in [-0.05, 0) is 19.1 Å². The van der Waals surface area contributed by atoms with Gasteiger partial charge in [-0.1, -0.05) is 23.7 Å². The fraction of sp³-hybridized carbons (Fsp3) is 0.250. The van der Waals surface area contributed by atoms with Crippen molar-refractivity contribution < 1.29 is 4.79 Å². The van der Waals surface area contributed by atoms with Gasteiger partial charge in [-0.2, -0.15) is 19.7 Å². The molecule has 0 radical (unpaired) electrons. The van der Waals surface area contributed by atoms with E-state index in [1.165, 1.54) is 6.33 Å². The highest BCUT2D eigenvalue weighted by atomic mass is 35.5. The number of H-pyrrole nitrogens is 1. The van der Waals surface area contributed by atoms with Gasteiger partial charge in [0, 0.05) is 48.5 Å². The van der Waals surface area contributed by atoms with Crippen LogP contribution in [0.25, 0.3) is 17.0 Å². The fourth-order valence-electron chi connectivity index (χ4n) is 3.73. The number of nitrogens with zero attached hydrogens (tertiary/aromatic N) is 7. The van der Waals surface area contributed by atoms with Crippen LogP contribution in [0.4, 0.5) is 5.82 Å². The lowest BCUT2D eigenvalue weighted by molar-refractivity contribution is 0.0747. The maximum Gasteiger partial charge on any atom is 0.257 e. The first-order valence-electron chi connectivity index (χ1n) is 9.61. The Kier molecular flexibility index (Phi) is 4.59. The Morgan fingerprint density at radius 2 is 1.90 bits per heavy atom. The van der Waals surface area contributed by atoms with E-state index in [0.717, 1.165) is 17.1 Å². The van der Waals surface area contributed by atoms with E-state index < -0.39 is 0 Å². The molecule has 9 nitrogen and oxygen atoms in total. The molecular weight excluding hydrogens is 404 g/mol. The van der Waals surface area contributed by atoms with Crippen molar-refractivity contribution in [1.29, 1.82) is 0 Å². The molecule has 1 aromatic carbocycles. The van der Waals surface area contributed by atoms with E-state index in [1.54, 1.807) is 22.8 Å². The van der Waals surface area contributed by atoms with Gasteiger partial charge in [-0.25, -0.2) is 4.98 Å². The molecule has 1 N–H and O–H groups in total. The van der Waals surface area contributed by atoms with Crippen LogP contribution < -0.4 is 4.90 Å². The van der Waals surface area contributed by atoms with Gasteiger partial charge >= 0.3 is 0 Å². The van der Waals surface area contributed by atoms with Crippen molar-refractivity contribution in [3.63, 3.8) is 0 Å². The van der Waals surface area contributed by atoms with E-state index in [1.807, 2.05) is 30.0 Å². The quantitative estimate of drug-likeness (QED) is 0.545. The molecule has 1 amide bonds. The van der Waals surface area contributed by atoms with Crippen molar-refractivity contribution in [2.75, 3.05) is 31.1 Å². The average molecular weight is 423 g/mol. The van der Waals surface area contributed by atoms with Crippen LogP contribution in [0.2, 0.25) is 5.02 Å². The first-order valence-corrected chi connectivity index (χ1v) is 9.99. The number of nitrogens with one attached hydrogen (secondary N) is 1. The monoisotopic (exact) mass is 422 g/mol. The van der Waals surface area contributed by atoms with Crippen LogP contribution in [0, 0.1) is 6.92 Å². The molecule has 30 heavy (non-hydrogen) atoms. The van der Waals surface area contributed by atoms with E-state index >= 15 is 0 Å². The van der Waals surface area contributed by atoms with Crippen LogP contribution >= 0.6 is 11.6 Å². The van der Waals surface area contributed by atoms with E-state index in [9.17, 15) is 4.79 Å². The van der Waals surface area contributed by atoms with Crippen molar-refractivity contribution in [1.82, 2.24) is 34.7 Å². The normalized spacial score (nSPS) is 14.5. The molecular formula is C20H19ClN8O. The van der Waals surface area contributed by atoms with E-state index in [0.29, 0.717) is 48.2 Å². The van der Waals surface area contributed by atoms with Crippen molar-refractivity contribution >= 4 is 29.1 Å². The molecule has 5 rings (SSSR count). The molecule has 4 aromatic rings. The highest BCUT2D eigenvalue weighted by Gasteiger charge is 2.26. The molecule has 0 atom stereocenters. The van der Waals surface area contributed by atoms with Gasteiger partial charge < -0.3 is 9.80 Å². The molecule has 1 aliphatic rings. The highest BCUT2D eigenvalue weighted by Crippen LogP contribution is 2.25. The smallest absolute Gasteiger partial charge is 0.257 e. The number of carbonyl (C=O) groups is 1. The molecule has 10 heteroatoms. The Morgan fingerprint density at radius 3 is 2.67 bits per heavy atom. The molecule has 3 aromatic heterocycles. The third kappa shape index (κ3) is 3.26. The van der Waals surface area contributed by atoms with Gasteiger partial charge in [0.1, 0.15) is 12.1 Å². The number of benzene rings is 1. The first kappa shape index (κ1) is 18.6. The summed E-state index contributed by atoms with van der Waals surface area (Å²) in [6, 6.07) is 9.34. The zero-order chi connectivity index (χ0) is 20.7. The van der Waals surface area contributed by atoms with E-state index in [-0.39, 0.29) is 5.91 Å². The lowest BCUT2D eigenvalue weighted by atomic mass is 10.1. The van der Waals surface area contributed by atoms with Crippen molar-refractivity contribution in [3.8, 4) is 11.3 Å². The van der Waals surface area contributed by atoms with Crippen LogP contribution in [-0.4, -0.2) is 66.8 Å². The van der Waals surface area contributed by atoms with Gasteiger partial charge in [0.25, 0.3) is 11.7 Å². The predicted molar refractivity (Wildman–Crippen MR) is 113 cm³/mol. The van der Waals surface area contributed by atoms with Crippen LogP contribution in [0.15, 0.2) is 42.9 Å². The number of amides is 1. The summed E-state index contributed by atoms with van der Waals surface area (Å²) in [6.45, 7) is 4.52. The average Bonchev–Trinajstić information content (AvgIpc) is 3.43. The first-order chi connectivity index (χ1) is 14.6. The second-order valence-corrected chi connectivity index (χ2v) is 7.61. The number of piperazine rings is 1. The Morgan fingerprint density at radius 1 is 1.13 bits per heavy atom. The number of aromatic amines is 1. The summed E-state index contributed by atoms with van der Waals surface area (Å²) in [4.78, 5) is 25.8. The standard InChI is InChI=1S/C20H19ClN8O/c1-13-10-17(29-20(25-13)22-12-24-29)27-6-8-28(9-7-27)19(30)16-11-23-26-18(16)14-2-4-15(21)5-3-14/h2-5,10-12H,6-9H2,1H3,(H,23,26). The molecule has 1 aliphatic heterocycles. The maximum absolute atomic E-state index is 13.2. The number of aryl methyl sites for hydroxylation is 1. The Labute approximate surface area is 177 Å². The molecule has 1 fully saturated rings. The Bertz CT molecular complexity index is 1210. The minimum atomic E-state index is -0.0369. The zero-order valence-electron chi connectivity index (χ0n) is 16.3. The third-order valence-electron chi connectivity index (χ3n) is 5.25. The lowest BCUT2D eigenvalue weighted by Crippen LogP contribution is -2.49. The number of aromatic nitrogens is 6. The molecule has 0 aliphatic carbocycles. The second-order valence-electron chi connectivity index (χ2n) is 7.17. The third-order valence-corrected chi connectivity index (χ3v) is 5.51. The van der Waals surface area contributed by atoms with Crippen molar-refractivity contribution in [2.45, 2.75) is 6.92 Å². The summed E-state index contributed by atoms with van der Waals surface area (Å²) in [5.41, 5.74) is 3.02. The van der Waals surface area contributed by atoms with Crippen LogP contribution in [-0.2, 0) is 0 Å². The number of rotatable bonds is 3. The van der Waals surface area contributed by atoms with Gasteiger partial charge in [-0.15, -0.1) is 0 Å².